The van der Waals surface area contributed by atoms with Crippen LogP contribution in [0.3, 0.4) is 0 Å². The summed E-state index contributed by atoms with van der Waals surface area (Å²) in [5.41, 5.74) is 3.65. The molecule has 2 aliphatic heterocycles. The Morgan fingerprint density at radius 3 is 2.45 bits per heavy atom. The first-order valence-electron chi connectivity index (χ1n) is 11.5. The first-order valence-corrected chi connectivity index (χ1v) is 11.5. The molecule has 3 aromatic rings. The summed E-state index contributed by atoms with van der Waals surface area (Å²) >= 11 is 0. The SMILES string of the molecule is O=C1[C@H]2Cc3c([nH]c4ccccc34)[C@@H](c3ccc([N+](=O)[O-])cc3)N2C(=O)CN1C1CCCC1. The Bertz CT molecular complexity index is 1280. The average molecular weight is 444 g/mol. The highest BCUT2D eigenvalue weighted by Gasteiger charge is 2.49. The smallest absolute Gasteiger partial charge is 0.269 e. The Hall–Kier alpha value is -3.68. The van der Waals surface area contributed by atoms with Crippen LogP contribution in [-0.2, 0) is 16.0 Å². The van der Waals surface area contributed by atoms with Gasteiger partial charge < -0.3 is 14.8 Å². The van der Waals surface area contributed by atoms with Gasteiger partial charge in [0.2, 0.25) is 11.8 Å². The molecule has 33 heavy (non-hydrogen) atoms. The number of H-pyrrole nitrogens is 1. The Morgan fingerprint density at radius 2 is 1.73 bits per heavy atom. The minimum absolute atomic E-state index is 0.00330. The van der Waals surface area contributed by atoms with Crippen molar-refractivity contribution in [2.75, 3.05) is 6.54 Å². The molecule has 6 rings (SSSR count). The number of aromatic nitrogens is 1. The number of nitro benzene ring substituents is 1. The van der Waals surface area contributed by atoms with Gasteiger partial charge in [0, 0.05) is 41.2 Å². The minimum Gasteiger partial charge on any atom is -0.356 e. The molecule has 2 amide bonds. The van der Waals surface area contributed by atoms with Crippen LogP contribution in [0.15, 0.2) is 48.5 Å². The van der Waals surface area contributed by atoms with Crippen LogP contribution in [0.25, 0.3) is 10.9 Å². The van der Waals surface area contributed by atoms with Gasteiger partial charge in [-0.1, -0.05) is 31.0 Å². The van der Waals surface area contributed by atoms with Crippen molar-refractivity contribution >= 4 is 28.4 Å². The number of carbonyl (C=O) groups is 2. The van der Waals surface area contributed by atoms with Gasteiger partial charge in [-0.15, -0.1) is 0 Å². The number of amides is 2. The maximum atomic E-state index is 13.7. The van der Waals surface area contributed by atoms with Crippen molar-refractivity contribution in [3.63, 3.8) is 0 Å². The molecule has 8 nitrogen and oxygen atoms in total. The maximum absolute atomic E-state index is 13.7. The van der Waals surface area contributed by atoms with E-state index in [0.29, 0.717) is 6.42 Å². The van der Waals surface area contributed by atoms with Crippen LogP contribution in [0.4, 0.5) is 5.69 Å². The molecule has 1 N–H and O–H groups in total. The zero-order chi connectivity index (χ0) is 22.7. The molecule has 1 saturated carbocycles. The number of nitrogens with one attached hydrogen (secondary N) is 1. The van der Waals surface area contributed by atoms with Crippen LogP contribution in [0.1, 0.15) is 48.5 Å². The average Bonchev–Trinajstić information content (AvgIpc) is 3.48. The molecule has 168 valence electrons. The summed E-state index contributed by atoms with van der Waals surface area (Å²) in [6, 6.07) is 13.4. The number of rotatable bonds is 3. The zero-order valence-corrected chi connectivity index (χ0v) is 18.1. The number of fused-ring (bicyclic) bond motifs is 4. The van der Waals surface area contributed by atoms with E-state index in [1.54, 1.807) is 17.0 Å². The van der Waals surface area contributed by atoms with Crippen LogP contribution in [0.5, 0.6) is 0 Å². The second-order valence-corrected chi connectivity index (χ2v) is 9.24. The van der Waals surface area contributed by atoms with Crippen molar-refractivity contribution in [1.82, 2.24) is 14.8 Å². The number of hydrogen-bond acceptors (Lipinski definition) is 4. The monoisotopic (exact) mass is 444 g/mol. The van der Waals surface area contributed by atoms with Crippen molar-refractivity contribution in [2.24, 2.45) is 0 Å². The first-order chi connectivity index (χ1) is 16.0. The van der Waals surface area contributed by atoms with Crippen molar-refractivity contribution < 1.29 is 14.5 Å². The standard InChI is InChI=1S/C25H24N4O4/c30-22-14-27(16-5-1-2-6-16)25(31)21-13-19-18-7-3-4-8-20(18)26-23(19)24(28(21)22)15-9-11-17(12-10-15)29(32)33/h3-4,7-12,16,21,24,26H,1-2,5-6,13-14H2/t21-,24-/m1/s1. The molecule has 2 fully saturated rings. The lowest BCUT2D eigenvalue weighted by Crippen LogP contribution is -2.64. The number of piperazine rings is 1. The summed E-state index contributed by atoms with van der Waals surface area (Å²) in [5, 5.41) is 12.2. The van der Waals surface area contributed by atoms with Gasteiger partial charge in [0.1, 0.15) is 12.6 Å². The fourth-order valence-electron chi connectivity index (χ4n) is 5.94. The summed E-state index contributed by atoms with van der Waals surface area (Å²) in [6.07, 6.45) is 4.56. The second-order valence-electron chi connectivity index (χ2n) is 9.24. The van der Waals surface area contributed by atoms with E-state index in [0.717, 1.165) is 53.4 Å². The fourth-order valence-corrected chi connectivity index (χ4v) is 5.94. The number of nitrogens with zero attached hydrogens (tertiary/aromatic N) is 3. The van der Waals surface area contributed by atoms with E-state index >= 15 is 0 Å². The number of aromatic amines is 1. The fraction of sp³-hybridized carbons (Fsp3) is 0.360. The molecule has 0 bridgehead atoms. The molecule has 2 atom stereocenters. The Labute approximate surface area is 190 Å². The molecule has 1 saturated heterocycles. The molecule has 3 aliphatic rings. The number of para-hydroxylation sites is 1. The number of carbonyl (C=O) groups excluding carboxylic acids is 2. The highest BCUT2D eigenvalue weighted by molar-refractivity contribution is 5.97. The largest absolute Gasteiger partial charge is 0.356 e. The van der Waals surface area contributed by atoms with Gasteiger partial charge in [0.25, 0.3) is 5.69 Å². The lowest BCUT2D eigenvalue weighted by atomic mass is 9.86. The maximum Gasteiger partial charge on any atom is 0.269 e. The van der Waals surface area contributed by atoms with Crippen LogP contribution in [0, 0.1) is 10.1 Å². The summed E-state index contributed by atoms with van der Waals surface area (Å²) in [4.78, 5) is 45.0. The highest BCUT2D eigenvalue weighted by atomic mass is 16.6. The molecular weight excluding hydrogens is 420 g/mol. The normalized spacial score (nSPS) is 23.2. The Morgan fingerprint density at radius 1 is 1.00 bits per heavy atom. The van der Waals surface area contributed by atoms with Crippen molar-refractivity contribution in [1.29, 1.82) is 0 Å². The number of non-ortho nitro benzene ring substituents is 1. The second kappa shape index (κ2) is 7.43. The molecule has 0 unspecified atom stereocenters. The minimum atomic E-state index is -0.571. The highest BCUT2D eigenvalue weighted by Crippen LogP contribution is 2.43. The van der Waals surface area contributed by atoms with Gasteiger partial charge in [-0.3, -0.25) is 19.7 Å². The van der Waals surface area contributed by atoms with Crippen molar-refractivity contribution in [3.8, 4) is 0 Å². The number of hydrogen-bond donors (Lipinski definition) is 1. The van der Waals surface area contributed by atoms with Gasteiger partial charge in [-0.05, 0) is 42.2 Å². The van der Waals surface area contributed by atoms with Crippen LogP contribution in [0.2, 0.25) is 0 Å². The zero-order valence-electron chi connectivity index (χ0n) is 18.1. The summed E-state index contributed by atoms with van der Waals surface area (Å²) in [5.74, 6) is -0.0523. The number of nitro groups is 1. The van der Waals surface area contributed by atoms with E-state index in [2.05, 4.69) is 4.98 Å². The molecule has 8 heteroatoms. The third kappa shape index (κ3) is 3.04. The molecule has 1 aliphatic carbocycles. The Kier molecular flexibility index (Phi) is 4.50. The molecule has 0 radical (unpaired) electrons. The molecule has 0 spiro atoms. The van der Waals surface area contributed by atoms with Crippen LogP contribution >= 0.6 is 0 Å². The predicted octanol–water partition coefficient (Wildman–Crippen LogP) is 3.70. The van der Waals surface area contributed by atoms with Gasteiger partial charge in [0.15, 0.2) is 0 Å². The van der Waals surface area contributed by atoms with E-state index < -0.39 is 17.0 Å². The molecule has 3 heterocycles. The summed E-state index contributed by atoms with van der Waals surface area (Å²) in [6.45, 7) is 0.0963. The summed E-state index contributed by atoms with van der Waals surface area (Å²) < 4.78 is 0. The lowest BCUT2D eigenvalue weighted by Gasteiger charge is -2.48. The van der Waals surface area contributed by atoms with Gasteiger partial charge in [-0.2, -0.15) is 0 Å². The molecular formula is C25H24N4O4. The van der Waals surface area contributed by atoms with E-state index in [-0.39, 0.29) is 30.1 Å². The van der Waals surface area contributed by atoms with Gasteiger partial charge in [-0.25, -0.2) is 0 Å². The van der Waals surface area contributed by atoms with Crippen LogP contribution in [-0.4, -0.2) is 50.1 Å². The molecule has 2 aromatic carbocycles. The van der Waals surface area contributed by atoms with E-state index in [1.165, 1.54) is 12.1 Å². The molecule has 1 aromatic heterocycles. The van der Waals surface area contributed by atoms with E-state index in [9.17, 15) is 19.7 Å². The van der Waals surface area contributed by atoms with Crippen molar-refractivity contribution in [3.05, 3.63) is 75.5 Å². The van der Waals surface area contributed by atoms with Crippen LogP contribution < -0.4 is 0 Å². The summed E-state index contributed by atoms with van der Waals surface area (Å²) in [7, 11) is 0. The first kappa shape index (κ1) is 20.0. The number of benzene rings is 2. The lowest BCUT2D eigenvalue weighted by molar-refractivity contribution is -0.384. The van der Waals surface area contributed by atoms with Gasteiger partial charge in [0.05, 0.1) is 11.0 Å². The van der Waals surface area contributed by atoms with E-state index in [4.69, 9.17) is 0 Å². The third-order valence-electron chi connectivity index (χ3n) is 7.48. The predicted molar refractivity (Wildman–Crippen MR) is 122 cm³/mol. The quantitative estimate of drug-likeness (QED) is 0.492. The van der Waals surface area contributed by atoms with E-state index in [1.807, 2.05) is 29.2 Å². The van der Waals surface area contributed by atoms with Gasteiger partial charge >= 0.3 is 0 Å². The van der Waals surface area contributed by atoms with Crippen molar-refractivity contribution in [2.45, 2.75) is 50.2 Å². The third-order valence-corrected chi connectivity index (χ3v) is 7.48. The topological polar surface area (TPSA) is 99.5 Å². The Balaban J connectivity index is 1.49.